The molecular formula is C10H9Cl2NO5. The number of esters is 1. The zero-order valence-corrected chi connectivity index (χ0v) is 10.8. The van der Waals surface area contributed by atoms with E-state index in [0.717, 1.165) is 6.07 Å². The topological polar surface area (TPSA) is 78.7 Å². The number of carbonyl (C=O) groups is 1. The van der Waals surface area contributed by atoms with E-state index in [1.165, 1.54) is 13.2 Å². The van der Waals surface area contributed by atoms with E-state index in [1.54, 1.807) is 0 Å². The number of nitro groups is 1. The molecule has 98 valence electrons. The van der Waals surface area contributed by atoms with Crippen LogP contribution in [0.2, 0.25) is 10.0 Å². The Balaban J connectivity index is 2.83. The highest BCUT2D eigenvalue weighted by molar-refractivity contribution is 6.42. The van der Waals surface area contributed by atoms with Crippen LogP contribution >= 0.6 is 23.2 Å². The van der Waals surface area contributed by atoms with Crippen molar-refractivity contribution in [3.63, 3.8) is 0 Å². The Kier molecular flexibility index (Phi) is 5.18. The lowest BCUT2D eigenvalue weighted by molar-refractivity contribution is -0.385. The van der Waals surface area contributed by atoms with Crippen molar-refractivity contribution in [3.05, 3.63) is 32.3 Å². The minimum absolute atomic E-state index is 0.0199. The molecule has 0 spiro atoms. The Morgan fingerprint density at radius 2 is 2.00 bits per heavy atom. The highest BCUT2D eigenvalue weighted by Crippen LogP contribution is 2.35. The zero-order chi connectivity index (χ0) is 13.7. The average Bonchev–Trinajstić information content (AvgIpc) is 2.32. The van der Waals surface area contributed by atoms with Gasteiger partial charge in [-0.2, -0.15) is 0 Å². The van der Waals surface area contributed by atoms with Gasteiger partial charge in [-0.3, -0.25) is 14.9 Å². The molecule has 0 N–H and O–H groups in total. The van der Waals surface area contributed by atoms with E-state index in [1.807, 2.05) is 0 Å². The van der Waals surface area contributed by atoms with Crippen molar-refractivity contribution in [1.82, 2.24) is 0 Å². The molecule has 0 amide bonds. The Morgan fingerprint density at radius 1 is 1.39 bits per heavy atom. The molecule has 0 saturated heterocycles. The van der Waals surface area contributed by atoms with Gasteiger partial charge < -0.3 is 9.47 Å². The molecule has 0 aliphatic rings. The molecule has 0 aromatic heterocycles. The van der Waals surface area contributed by atoms with Crippen LogP contribution in [0.1, 0.15) is 6.42 Å². The molecule has 1 aromatic rings. The molecule has 0 aliphatic heterocycles. The van der Waals surface area contributed by atoms with Crippen LogP contribution in [-0.4, -0.2) is 24.6 Å². The molecule has 1 aromatic carbocycles. The summed E-state index contributed by atoms with van der Waals surface area (Å²) in [5.41, 5.74) is -0.311. The number of methoxy groups -OCH3 is 1. The maximum atomic E-state index is 10.9. The van der Waals surface area contributed by atoms with Crippen molar-refractivity contribution < 1.29 is 19.2 Å². The third-order valence-corrected chi connectivity index (χ3v) is 2.71. The molecule has 18 heavy (non-hydrogen) atoms. The number of rotatable bonds is 5. The third-order valence-electron chi connectivity index (χ3n) is 1.99. The molecule has 0 aliphatic carbocycles. The second kappa shape index (κ2) is 6.42. The molecule has 1 rings (SSSR count). The van der Waals surface area contributed by atoms with Crippen LogP contribution in [0.25, 0.3) is 0 Å². The number of benzene rings is 1. The van der Waals surface area contributed by atoms with Crippen molar-refractivity contribution in [1.29, 1.82) is 0 Å². The first-order valence-corrected chi connectivity index (χ1v) is 5.54. The maximum absolute atomic E-state index is 10.9. The van der Waals surface area contributed by atoms with Crippen LogP contribution in [0.3, 0.4) is 0 Å². The summed E-state index contributed by atoms with van der Waals surface area (Å²) in [5, 5.41) is 11.0. The molecule has 0 heterocycles. The van der Waals surface area contributed by atoms with Crippen molar-refractivity contribution in [2.45, 2.75) is 6.42 Å². The highest BCUT2D eigenvalue weighted by Gasteiger charge is 2.18. The average molecular weight is 294 g/mol. The van der Waals surface area contributed by atoms with E-state index in [-0.39, 0.29) is 34.5 Å². The molecule has 8 heteroatoms. The van der Waals surface area contributed by atoms with Crippen LogP contribution < -0.4 is 4.74 Å². The van der Waals surface area contributed by atoms with Gasteiger partial charge in [-0.1, -0.05) is 23.2 Å². The number of ether oxygens (including phenoxy) is 2. The summed E-state index contributed by atoms with van der Waals surface area (Å²) in [7, 11) is 1.24. The molecule has 6 nitrogen and oxygen atoms in total. The van der Waals surface area contributed by atoms with Crippen molar-refractivity contribution in [3.8, 4) is 5.75 Å². The largest absolute Gasteiger partial charge is 0.486 e. The Morgan fingerprint density at radius 3 is 2.56 bits per heavy atom. The van der Waals surface area contributed by atoms with Gasteiger partial charge in [0, 0.05) is 12.1 Å². The fraction of sp³-hybridized carbons (Fsp3) is 0.300. The van der Waals surface area contributed by atoms with Gasteiger partial charge >= 0.3 is 11.7 Å². The number of carbonyl (C=O) groups excluding carboxylic acids is 1. The normalized spacial score (nSPS) is 9.94. The summed E-state index contributed by atoms with van der Waals surface area (Å²) in [6.07, 6.45) is -0.0199. The first-order valence-electron chi connectivity index (χ1n) is 4.78. The van der Waals surface area contributed by atoms with E-state index in [9.17, 15) is 14.9 Å². The molecule has 0 bridgehead atoms. The zero-order valence-electron chi connectivity index (χ0n) is 9.31. The Labute approximate surface area is 113 Å². The number of nitrogens with zero attached hydrogens (tertiary/aromatic N) is 1. The second-order valence-corrected chi connectivity index (χ2v) is 3.98. The molecule has 0 saturated carbocycles. The maximum Gasteiger partial charge on any atom is 0.312 e. The predicted molar refractivity (Wildman–Crippen MR) is 65.2 cm³/mol. The number of hydrogen-bond donors (Lipinski definition) is 0. The highest BCUT2D eigenvalue weighted by atomic mass is 35.5. The van der Waals surface area contributed by atoms with Gasteiger partial charge in [0.1, 0.15) is 0 Å². The number of hydrogen-bond acceptors (Lipinski definition) is 5. The fourth-order valence-corrected chi connectivity index (χ4v) is 1.43. The van der Waals surface area contributed by atoms with Crippen LogP contribution in [0, 0.1) is 10.1 Å². The van der Waals surface area contributed by atoms with Crippen molar-refractivity contribution >= 4 is 34.9 Å². The monoisotopic (exact) mass is 293 g/mol. The van der Waals surface area contributed by atoms with Gasteiger partial charge in [-0.25, -0.2) is 0 Å². The molecule has 0 atom stereocenters. The quantitative estimate of drug-likeness (QED) is 0.474. The molecule has 0 radical (unpaired) electrons. The van der Waals surface area contributed by atoms with Crippen LogP contribution in [0.5, 0.6) is 5.75 Å². The lowest BCUT2D eigenvalue weighted by Gasteiger charge is -2.07. The lowest BCUT2D eigenvalue weighted by Crippen LogP contribution is -2.08. The van der Waals surface area contributed by atoms with E-state index in [4.69, 9.17) is 27.9 Å². The van der Waals surface area contributed by atoms with E-state index in [0.29, 0.717) is 0 Å². The number of halogens is 2. The van der Waals surface area contributed by atoms with Crippen molar-refractivity contribution in [2.75, 3.05) is 13.7 Å². The summed E-state index contributed by atoms with van der Waals surface area (Å²) in [6, 6.07) is 2.33. The lowest BCUT2D eigenvalue weighted by atomic mass is 10.3. The molecule has 0 fully saturated rings. The van der Waals surface area contributed by atoms with E-state index < -0.39 is 10.9 Å². The van der Waals surface area contributed by atoms with E-state index >= 15 is 0 Å². The van der Waals surface area contributed by atoms with Gasteiger partial charge in [0.25, 0.3) is 0 Å². The Bertz CT molecular complexity index is 478. The molecular weight excluding hydrogens is 285 g/mol. The van der Waals surface area contributed by atoms with Crippen LogP contribution in [0.15, 0.2) is 12.1 Å². The minimum atomic E-state index is -0.643. The van der Waals surface area contributed by atoms with Gasteiger partial charge in [0.05, 0.1) is 35.1 Å². The van der Waals surface area contributed by atoms with Crippen LogP contribution in [-0.2, 0) is 9.53 Å². The van der Waals surface area contributed by atoms with Gasteiger partial charge in [0.2, 0.25) is 0 Å². The smallest absolute Gasteiger partial charge is 0.312 e. The first-order chi connectivity index (χ1) is 8.45. The standard InChI is InChI=1S/C10H9Cl2NO5/c1-17-10(14)2-3-18-9-5-7(12)6(11)4-8(9)13(15)16/h4-5H,2-3H2,1H3. The Hall–Kier alpha value is -1.53. The fourth-order valence-electron chi connectivity index (χ4n) is 1.12. The third kappa shape index (κ3) is 3.75. The summed E-state index contributed by atoms with van der Waals surface area (Å²) in [6.45, 7) is -0.0501. The minimum Gasteiger partial charge on any atom is -0.486 e. The predicted octanol–water partition coefficient (Wildman–Crippen LogP) is 2.84. The molecule has 0 unspecified atom stereocenters. The van der Waals surface area contributed by atoms with Crippen LogP contribution in [0.4, 0.5) is 5.69 Å². The van der Waals surface area contributed by atoms with Gasteiger partial charge in [-0.05, 0) is 0 Å². The summed E-state index contributed by atoms with van der Waals surface area (Å²) in [5.74, 6) is -0.518. The summed E-state index contributed by atoms with van der Waals surface area (Å²) < 4.78 is 9.53. The van der Waals surface area contributed by atoms with Gasteiger partial charge in [0.15, 0.2) is 5.75 Å². The van der Waals surface area contributed by atoms with E-state index in [2.05, 4.69) is 4.74 Å². The summed E-state index contributed by atoms with van der Waals surface area (Å²) in [4.78, 5) is 21.0. The second-order valence-electron chi connectivity index (χ2n) is 3.17. The van der Waals surface area contributed by atoms with Crippen molar-refractivity contribution in [2.24, 2.45) is 0 Å². The summed E-state index contributed by atoms with van der Waals surface area (Å²) >= 11 is 11.4. The van der Waals surface area contributed by atoms with Gasteiger partial charge in [-0.15, -0.1) is 0 Å². The SMILES string of the molecule is COC(=O)CCOc1cc(Cl)c(Cl)cc1[N+](=O)[O-]. The first kappa shape index (κ1) is 14.5. The number of nitro benzene ring substituents is 1.